The number of hydrogen-bond acceptors (Lipinski definition) is 1. The van der Waals surface area contributed by atoms with Crippen molar-refractivity contribution in [1.82, 2.24) is 0 Å². The zero-order chi connectivity index (χ0) is 17.7. The van der Waals surface area contributed by atoms with Gasteiger partial charge in [0.25, 0.3) is 0 Å². The van der Waals surface area contributed by atoms with Gasteiger partial charge >= 0.3 is 0 Å². The first-order chi connectivity index (χ1) is 11.0. The largest absolute Gasteiger partial charge is 0.497 e. The molecule has 0 saturated carbocycles. The smallest absolute Gasteiger partial charge is 0.118 e. The Morgan fingerprint density at radius 1 is 1.13 bits per heavy atom. The van der Waals surface area contributed by atoms with Crippen molar-refractivity contribution in [2.24, 2.45) is 0 Å². The topological polar surface area (TPSA) is 9.23 Å². The standard InChI is InChI=1S/C12H14.C8H10O.C2H6/c1-10(2)9-11(3)12-7-5-4-6-8-12;1-7-4-3-5-8(6-7)9-2;1-2/h4-9H,1H2,2-3H3;3,5-6H,1,4H2,2H3;1-2H3/b11-9+;;. The molecule has 0 aliphatic heterocycles. The maximum Gasteiger partial charge on any atom is 0.118 e. The highest BCUT2D eigenvalue weighted by Gasteiger charge is 1.96. The SMILES string of the molecule is C=C(C)/C=C(\C)c1ccccc1.C=C1C=C(OC)C=CC1.CC. The van der Waals surface area contributed by atoms with Crippen LogP contribution in [0.3, 0.4) is 0 Å². The van der Waals surface area contributed by atoms with E-state index in [1.54, 1.807) is 7.11 Å². The normalized spacial score (nSPS) is 13.0. The molecule has 0 bridgehead atoms. The van der Waals surface area contributed by atoms with E-state index >= 15 is 0 Å². The number of rotatable bonds is 3. The summed E-state index contributed by atoms with van der Waals surface area (Å²) >= 11 is 0. The van der Waals surface area contributed by atoms with Crippen LogP contribution in [0.2, 0.25) is 0 Å². The Morgan fingerprint density at radius 2 is 1.74 bits per heavy atom. The molecule has 1 nitrogen and oxygen atoms in total. The highest BCUT2D eigenvalue weighted by Crippen LogP contribution is 2.14. The molecule has 0 atom stereocenters. The highest BCUT2D eigenvalue weighted by molar-refractivity contribution is 5.65. The fraction of sp³-hybridized carbons (Fsp3) is 0.273. The van der Waals surface area contributed by atoms with Crippen molar-refractivity contribution in [1.29, 1.82) is 0 Å². The van der Waals surface area contributed by atoms with E-state index in [1.807, 2.05) is 57.2 Å². The van der Waals surface area contributed by atoms with Crippen LogP contribution in [-0.2, 0) is 4.74 Å². The van der Waals surface area contributed by atoms with Crippen molar-refractivity contribution in [3.05, 3.63) is 90.3 Å². The maximum absolute atomic E-state index is 4.97. The first-order valence-corrected chi connectivity index (χ1v) is 8.02. The molecule has 0 radical (unpaired) electrons. The Hall–Kier alpha value is -2.28. The minimum Gasteiger partial charge on any atom is -0.497 e. The lowest BCUT2D eigenvalue weighted by atomic mass is 10.1. The van der Waals surface area contributed by atoms with Crippen LogP contribution in [0, 0.1) is 0 Å². The first-order valence-electron chi connectivity index (χ1n) is 8.02. The average Bonchev–Trinajstić information content (AvgIpc) is 2.57. The van der Waals surface area contributed by atoms with E-state index in [0.29, 0.717) is 0 Å². The lowest BCUT2D eigenvalue weighted by Crippen LogP contribution is -1.88. The van der Waals surface area contributed by atoms with Gasteiger partial charge < -0.3 is 4.74 Å². The monoisotopic (exact) mass is 310 g/mol. The quantitative estimate of drug-likeness (QED) is 0.563. The summed E-state index contributed by atoms with van der Waals surface area (Å²) in [5.74, 6) is 0.895. The minimum atomic E-state index is 0.895. The van der Waals surface area contributed by atoms with Gasteiger partial charge in [-0.25, -0.2) is 0 Å². The number of methoxy groups -OCH3 is 1. The van der Waals surface area contributed by atoms with Crippen molar-refractivity contribution in [2.75, 3.05) is 7.11 Å². The number of hydrogen-bond donors (Lipinski definition) is 0. The zero-order valence-electron chi connectivity index (χ0n) is 15.2. The molecule has 2 rings (SSSR count). The van der Waals surface area contributed by atoms with Crippen molar-refractivity contribution >= 4 is 5.57 Å². The molecule has 124 valence electrons. The molecule has 1 aliphatic rings. The second kappa shape index (κ2) is 12.3. The zero-order valence-corrected chi connectivity index (χ0v) is 15.2. The van der Waals surface area contributed by atoms with Crippen LogP contribution < -0.4 is 0 Å². The van der Waals surface area contributed by atoms with E-state index < -0.39 is 0 Å². The molecule has 0 fully saturated rings. The fourth-order valence-electron chi connectivity index (χ4n) is 1.92. The first kappa shape index (κ1) is 20.7. The van der Waals surface area contributed by atoms with Crippen molar-refractivity contribution in [3.8, 4) is 0 Å². The van der Waals surface area contributed by atoms with E-state index in [1.165, 1.54) is 11.1 Å². The van der Waals surface area contributed by atoms with Gasteiger partial charge in [0.15, 0.2) is 0 Å². The Morgan fingerprint density at radius 3 is 2.17 bits per heavy atom. The van der Waals surface area contributed by atoms with E-state index in [4.69, 9.17) is 4.74 Å². The molecule has 1 aromatic carbocycles. The van der Waals surface area contributed by atoms with Gasteiger partial charge in [0, 0.05) is 0 Å². The second-order valence-electron chi connectivity index (χ2n) is 5.06. The summed E-state index contributed by atoms with van der Waals surface area (Å²) in [6.45, 7) is 15.8. The van der Waals surface area contributed by atoms with Gasteiger partial charge in [-0.05, 0) is 49.1 Å². The number of benzene rings is 1. The molecule has 0 amide bonds. The van der Waals surface area contributed by atoms with E-state index in [-0.39, 0.29) is 0 Å². The fourth-order valence-corrected chi connectivity index (χ4v) is 1.92. The second-order valence-corrected chi connectivity index (χ2v) is 5.06. The summed E-state index contributed by atoms with van der Waals surface area (Å²) in [4.78, 5) is 0. The van der Waals surface area contributed by atoms with E-state index in [2.05, 4.69) is 38.3 Å². The third-order valence-electron chi connectivity index (χ3n) is 2.94. The summed E-state index contributed by atoms with van der Waals surface area (Å²) in [5, 5.41) is 0. The third-order valence-corrected chi connectivity index (χ3v) is 2.94. The molecule has 0 heterocycles. The number of allylic oxidation sites excluding steroid dienone is 7. The molecule has 0 unspecified atom stereocenters. The average molecular weight is 310 g/mol. The van der Waals surface area contributed by atoms with Crippen molar-refractivity contribution < 1.29 is 4.74 Å². The summed E-state index contributed by atoms with van der Waals surface area (Å²) in [6.07, 6.45) is 8.98. The van der Waals surface area contributed by atoms with Crippen molar-refractivity contribution in [3.63, 3.8) is 0 Å². The molecule has 1 aliphatic carbocycles. The molecule has 0 aromatic heterocycles. The molecule has 1 heteroatoms. The Kier molecular flexibility index (Phi) is 11.1. The van der Waals surface area contributed by atoms with Crippen molar-refractivity contribution in [2.45, 2.75) is 34.1 Å². The van der Waals surface area contributed by atoms with Crippen LogP contribution in [0.1, 0.15) is 39.7 Å². The van der Waals surface area contributed by atoms with Crippen LogP contribution in [0.4, 0.5) is 0 Å². The minimum absolute atomic E-state index is 0.895. The molecule has 1 aromatic rings. The molecule has 23 heavy (non-hydrogen) atoms. The van der Waals surface area contributed by atoms with Gasteiger partial charge in [-0.1, -0.05) is 75.1 Å². The van der Waals surface area contributed by atoms with Gasteiger partial charge in [-0.2, -0.15) is 0 Å². The van der Waals surface area contributed by atoms with Crippen LogP contribution in [0.15, 0.2) is 84.7 Å². The molecule has 0 spiro atoms. The van der Waals surface area contributed by atoms with Crippen LogP contribution in [0.5, 0.6) is 0 Å². The van der Waals surface area contributed by atoms with E-state index in [0.717, 1.165) is 23.3 Å². The Balaban J connectivity index is 0.000000392. The summed E-state index contributed by atoms with van der Waals surface area (Å²) in [6, 6.07) is 10.3. The van der Waals surface area contributed by atoms with Gasteiger partial charge in [-0.15, -0.1) is 0 Å². The van der Waals surface area contributed by atoms with Gasteiger partial charge in [0.05, 0.1) is 7.11 Å². The predicted octanol–water partition coefficient (Wildman–Crippen LogP) is 6.73. The van der Waals surface area contributed by atoms with Crippen LogP contribution in [-0.4, -0.2) is 7.11 Å². The Bertz CT molecular complexity index is 571. The lowest BCUT2D eigenvalue weighted by molar-refractivity contribution is 0.305. The van der Waals surface area contributed by atoms with Gasteiger partial charge in [0.2, 0.25) is 0 Å². The predicted molar refractivity (Wildman–Crippen MR) is 104 cm³/mol. The van der Waals surface area contributed by atoms with Crippen LogP contribution in [0.25, 0.3) is 5.57 Å². The number of ether oxygens (including phenoxy) is 1. The maximum atomic E-state index is 4.97. The van der Waals surface area contributed by atoms with E-state index in [9.17, 15) is 0 Å². The molecule has 0 N–H and O–H groups in total. The highest BCUT2D eigenvalue weighted by atomic mass is 16.5. The molecular weight excluding hydrogens is 280 g/mol. The molecule has 0 saturated heterocycles. The van der Waals surface area contributed by atoms with Gasteiger partial charge in [0.1, 0.15) is 5.76 Å². The summed E-state index contributed by atoms with van der Waals surface area (Å²) < 4.78 is 4.97. The summed E-state index contributed by atoms with van der Waals surface area (Å²) in [5.41, 5.74) is 4.73. The third kappa shape index (κ3) is 9.36. The molecular formula is C22H30O. The lowest BCUT2D eigenvalue weighted by Gasteiger charge is -2.05. The van der Waals surface area contributed by atoms with Crippen LogP contribution >= 0.6 is 0 Å². The summed E-state index contributed by atoms with van der Waals surface area (Å²) in [7, 11) is 1.66. The Labute approximate surface area is 142 Å². The van der Waals surface area contributed by atoms with Gasteiger partial charge in [-0.3, -0.25) is 0 Å².